The zero-order valence-electron chi connectivity index (χ0n) is 14.1. The maximum absolute atomic E-state index is 12.6. The highest BCUT2D eigenvalue weighted by atomic mass is 16.3. The molecule has 4 nitrogen and oxygen atoms in total. The Hall–Kier alpha value is -2.33. The zero-order valence-corrected chi connectivity index (χ0v) is 14.1. The van der Waals surface area contributed by atoms with Crippen LogP contribution in [-0.4, -0.2) is 17.5 Å². The van der Waals surface area contributed by atoms with Gasteiger partial charge in [-0.15, -0.1) is 0 Å². The Morgan fingerprint density at radius 1 is 1.24 bits per heavy atom. The molecule has 0 spiro atoms. The molecule has 1 aromatic heterocycles. The minimum absolute atomic E-state index is 0.0151. The Labute approximate surface area is 146 Å². The van der Waals surface area contributed by atoms with Gasteiger partial charge in [0, 0.05) is 11.4 Å². The largest absolute Gasteiger partial charge is 0.461 e. The van der Waals surface area contributed by atoms with Crippen LogP contribution in [0.4, 0.5) is 0 Å². The molecule has 0 radical (unpaired) electrons. The van der Waals surface area contributed by atoms with E-state index in [1.807, 2.05) is 24.3 Å². The van der Waals surface area contributed by atoms with Crippen molar-refractivity contribution < 1.29 is 9.21 Å². The van der Waals surface area contributed by atoms with E-state index in [1.165, 1.54) is 11.8 Å². The van der Waals surface area contributed by atoms with Crippen molar-refractivity contribution >= 4 is 27.6 Å². The number of benzene rings is 2. The highest BCUT2D eigenvalue weighted by molar-refractivity contribution is 6.06. The number of nitrogens with two attached hydrogens (primary N) is 1. The summed E-state index contributed by atoms with van der Waals surface area (Å²) in [7, 11) is 0. The molecule has 0 unspecified atom stereocenters. The maximum Gasteiger partial charge on any atom is 0.228 e. The number of carbonyl (C=O) groups excluding carboxylic acids is 1. The Morgan fingerprint density at radius 3 is 2.92 bits per heavy atom. The van der Waals surface area contributed by atoms with E-state index in [-0.39, 0.29) is 23.9 Å². The van der Waals surface area contributed by atoms with Crippen LogP contribution in [-0.2, 0) is 11.2 Å². The van der Waals surface area contributed by atoms with Crippen molar-refractivity contribution in [3.8, 4) is 0 Å². The number of rotatable bonds is 3. The van der Waals surface area contributed by atoms with Crippen molar-refractivity contribution in [2.45, 2.75) is 43.7 Å². The van der Waals surface area contributed by atoms with Crippen LogP contribution < -0.4 is 11.1 Å². The molecule has 1 heterocycles. The first-order chi connectivity index (χ1) is 12.1. The standard InChI is InChI=1S/C21H22N2O2/c22-19-9-13-7-8-21(19,12-13)23-20(24)11-15-10-17-16-4-2-1-3-14(16)5-6-18(17)25-15/h1-6,10,13,19H,7-9,11-12,22H2,(H,23,24)/t13-,19+,21+/m0/s1. The van der Waals surface area contributed by atoms with Crippen molar-refractivity contribution in [1.29, 1.82) is 0 Å². The van der Waals surface area contributed by atoms with Gasteiger partial charge in [-0.1, -0.05) is 30.3 Å². The smallest absolute Gasteiger partial charge is 0.228 e. The summed E-state index contributed by atoms with van der Waals surface area (Å²) in [4.78, 5) is 12.6. The molecule has 3 atom stereocenters. The van der Waals surface area contributed by atoms with E-state index in [4.69, 9.17) is 10.2 Å². The van der Waals surface area contributed by atoms with E-state index in [0.717, 1.165) is 35.6 Å². The van der Waals surface area contributed by atoms with E-state index in [9.17, 15) is 4.79 Å². The van der Waals surface area contributed by atoms with Gasteiger partial charge in [0.2, 0.25) is 5.91 Å². The second-order valence-corrected chi connectivity index (χ2v) is 7.74. The monoisotopic (exact) mass is 334 g/mol. The van der Waals surface area contributed by atoms with Crippen LogP contribution >= 0.6 is 0 Å². The van der Waals surface area contributed by atoms with E-state index in [1.54, 1.807) is 0 Å². The highest BCUT2D eigenvalue weighted by Crippen LogP contribution is 2.46. The molecule has 0 aliphatic heterocycles. The predicted molar refractivity (Wildman–Crippen MR) is 98.2 cm³/mol. The van der Waals surface area contributed by atoms with Crippen LogP contribution in [0.2, 0.25) is 0 Å². The van der Waals surface area contributed by atoms with Crippen LogP contribution in [0.3, 0.4) is 0 Å². The fourth-order valence-electron chi connectivity index (χ4n) is 4.92. The molecule has 25 heavy (non-hydrogen) atoms. The van der Waals surface area contributed by atoms with Gasteiger partial charge in [0.05, 0.1) is 12.0 Å². The van der Waals surface area contributed by atoms with Crippen LogP contribution in [0.15, 0.2) is 46.9 Å². The van der Waals surface area contributed by atoms with E-state index in [2.05, 4.69) is 23.5 Å². The topological polar surface area (TPSA) is 68.3 Å². The number of hydrogen-bond acceptors (Lipinski definition) is 3. The molecule has 1 amide bonds. The summed E-state index contributed by atoms with van der Waals surface area (Å²) in [5.41, 5.74) is 6.93. The molecule has 5 rings (SSSR count). The maximum atomic E-state index is 12.6. The molecule has 3 aromatic rings. The first kappa shape index (κ1) is 15.0. The Kier molecular flexibility index (Phi) is 3.19. The first-order valence-corrected chi connectivity index (χ1v) is 9.10. The van der Waals surface area contributed by atoms with Crippen LogP contribution in [0, 0.1) is 5.92 Å². The summed E-state index contributed by atoms with van der Waals surface area (Å²) in [6.45, 7) is 0. The van der Waals surface area contributed by atoms with Crippen molar-refractivity contribution in [2.24, 2.45) is 11.7 Å². The molecule has 2 bridgehead atoms. The van der Waals surface area contributed by atoms with E-state index in [0.29, 0.717) is 11.7 Å². The molecular weight excluding hydrogens is 312 g/mol. The molecule has 2 aliphatic rings. The molecule has 128 valence electrons. The second-order valence-electron chi connectivity index (χ2n) is 7.74. The van der Waals surface area contributed by atoms with Crippen LogP contribution in [0.25, 0.3) is 21.7 Å². The summed E-state index contributed by atoms with van der Waals surface area (Å²) >= 11 is 0. The summed E-state index contributed by atoms with van der Waals surface area (Å²) < 4.78 is 5.92. The van der Waals surface area contributed by atoms with E-state index >= 15 is 0 Å². The highest BCUT2D eigenvalue weighted by Gasteiger charge is 2.51. The third-order valence-corrected chi connectivity index (χ3v) is 6.15. The molecule has 2 saturated carbocycles. The van der Waals surface area contributed by atoms with Crippen molar-refractivity contribution in [3.05, 3.63) is 48.2 Å². The lowest BCUT2D eigenvalue weighted by molar-refractivity contribution is -0.122. The molecule has 4 heteroatoms. The van der Waals surface area contributed by atoms with Crippen LogP contribution in [0.5, 0.6) is 0 Å². The van der Waals surface area contributed by atoms with Gasteiger partial charge in [0.15, 0.2) is 0 Å². The summed E-state index contributed by atoms with van der Waals surface area (Å²) in [6.07, 6.45) is 4.53. The molecule has 2 fully saturated rings. The van der Waals surface area contributed by atoms with Gasteiger partial charge in [0.1, 0.15) is 11.3 Å². The lowest BCUT2D eigenvalue weighted by atomic mass is 9.89. The number of amides is 1. The fourth-order valence-corrected chi connectivity index (χ4v) is 4.92. The molecule has 0 saturated heterocycles. The number of furan rings is 1. The normalized spacial score (nSPS) is 28.0. The number of carbonyl (C=O) groups is 1. The number of fused-ring (bicyclic) bond motifs is 5. The predicted octanol–water partition coefficient (Wildman–Crippen LogP) is 3.51. The van der Waals surface area contributed by atoms with Gasteiger partial charge >= 0.3 is 0 Å². The van der Waals surface area contributed by atoms with Crippen molar-refractivity contribution in [3.63, 3.8) is 0 Å². The van der Waals surface area contributed by atoms with Gasteiger partial charge in [-0.2, -0.15) is 0 Å². The Morgan fingerprint density at radius 2 is 2.12 bits per heavy atom. The Bertz CT molecular complexity index is 976. The summed E-state index contributed by atoms with van der Waals surface area (Å²) in [6, 6.07) is 14.4. The third-order valence-electron chi connectivity index (χ3n) is 6.15. The van der Waals surface area contributed by atoms with Crippen LogP contribution in [0.1, 0.15) is 31.4 Å². The number of hydrogen-bond donors (Lipinski definition) is 2. The zero-order chi connectivity index (χ0) is 17.0. The average Bonchev–Trinajstić information content (AvgIpc) is 3.26. The SMILES string of the molecule is N[C@@H]1C[C@@H]2CC[C@@]1(NC(=O)Cc1cc3c(ccc4ccccc43)o1)C2. The minimum Gasteiger partial charge on any atom is -0.461 e. The van der Waals surface area contributed by atoms with Gasteiger partial charge < -0.3 is 15.5 Å². The lowest BCUT2D eigenvalue weighted by Crippen LogP contribution is -2.56. The Balaban J connectivity index is 1.40. The minimum atomic E-state index is -0.180. The first-order valence-electron chi connectivity index (χ1n) is 9.10. The second kappa shape index (κ2) is 5.33. The van der Waals surface area contributed by atoms with Gasteiger partial charge in [-0.3, -0.25) is 4.79 Å². The lowest BCUT2D eigenvalue weighted by Gasteiger charge is -2.33. The quantitative estimate of drug-likeness (QED) is 0.770. The van der Waals surface area contributed by atoms with Crippen molar-refractivity contribution in [1.82, 2.24) is 5.32 Å². The molecular formula is C21H22N2O2. The molecule has 2 aromatic carbocycles. The number of nitrogens with one attached hydrogen (secondary N) is 1. The fraction of sp³-hybridized carbons (Fsp3) is 0.381. The van der Waals surface area contributed by atoms with Crippen molar-refractivity contribution in [2.75, 3.05) is 0 Å². The van der Waals surface area contributed by atoms with Gasteiger partial charge in [-0.05, 0) is 54.5 Å². The summed E-state index contributed by atoms with van der Waals surface area (Å²) in [5, 5.41) is 6.64. The van der Waals surface area contributed by atoms with Gasteiger partial charge in [0.25, 0.3) is 0 Å². The molecule has 2 aliphatic carbocycles. The average molecular weight is 334 g/mol. The molecule has 3 N–H and O–H groups in total. The van der Waals surface area contributed by atoms with E-state index < -0.39 is 0 Å². The third kappa shape index (κ3) is 2.35. The summed E-state index contributed by atoms with van der Waals surface area (Å²) in [5.74, 6) is 1.41. The van der Waals surface area contributed by atoms with Gasteiger partial charge in [-0.25, -0.2) is 0 Å².